The minimum Gasteiger partial charge on any atom is -0.399 e. The van der Waals surface area contributed by atoms with E-state index in [2.05, 4.69) is 30.4 Å². The van der Waals surface area contributed by atoms with Crippen LogP contribution in [0.2, 0.25) is 0 Å². The zero-order valence-corrected chi connectivity index (χ0v) is 10.7. The van der Waals surface area contributed by atoms with Crippen LogP contribution in [-0.4, -0.2) is 0 Å². The van der Waals surface area contributed by atoms with Crippen LogP contribution >= 0.6 is 0 Å². The van der Waals surface area contributed by atoms with Crippen LogP contribution in [0.25, 0.3) is 6.08 Å². The molecule has 0 atom stereocenters. The van der Waals surface area contributed by atoms with Gasteiger partial charge < -0.3 is 5.73 Å². The molecule has 1 aromatic carbocycles. The van der Waals surface area contributed by atoms with Gasteiger partial charge in [-0.2, -0.15) is 0 Å². The molecule has 0 bridgehead atoms. The van der Waals surface area contributed by atoms with Gasteiger partial charge in [0.05, 0.1) is 0 Å². The van der Waals surface area contributed by atoms with E-state index >= 15 is 0 Å². The van der Waals surface area contributed by atoms with Gasteiger partial charge in [0.25, 0.3) is 0 Å². The van der Waals surface area contributed by atoms with Crippen molar-refractivity contribution in [3.63, 3.8) is 0 Å². The molecule has 0 aliphatic heterocycles. The monoisotopic (exact) mass is 227 g/mol. The summed E-state index contributed by atoms with van der Waals surface area (Å²) in [6, 6.07) is 7.90. The fraction of sp³-hybridized carbons (Fsp3) is 0.250. The first-order chi connectivity index (χ1) is 8.34. The van der Waals surface area contributed by atoms with Crippen molar-refractivity contribution in [3.05, 3.63) is 59.7 Å². The molecule has 0 aromatic heterocycles. The predicted molar refractivity (Wildman–Crippen MR) is 77.7 cm³/mol. The summed E-state index contributed by atoms with van der Waals surface area (Å²) in [5.41, 5.74) is 8.90. The van der Waals surface area contributed by atoms with Gasteiger partial charge in [-0.05, 0) is 36.1 Å². The van der Waals surface area contributed by atoms with Crippen molar-refractivity contribution >= 4 is 11.8 Å². The molecule has 0 saturated heterocycles. The smallest absolute Gasteiger partial charge is 0.0314 e. The van der Waals surface area contributed by atoms with Crippen LogP contribution in [0.5, 0.6) is 0 Å². The number of benzene rings is 1. The Labute approximate surface area is 104 Å². The molecule has 2 N–H and O–H groups in total. The SMILES string of the molecule is CC.Nc1ccc(/C=C/C2=CCCC=C2)cc1. The molecule has 1 aliphatic carbocycles. The zero-order valence-electron chi connectivity index (χ0n) is 10.7. The molecule has 1 aromatic rings. The molecule has 1 heteroatoms. The topological polar surface area (TPSA) is 26.0 Å². The van der Waals surface area contributed by atoms with Gasteiger partial charge in [0.1, 0.15) is 0 Å². The fourth-order valence-electron chi connectivity index (χ4n) is 1.56. The van der Waals surface area contributed by atoms with E-state index in [0.29, 0.717) is 0 Å². The number of allylic oxidation sites excluding steroid dienone is 5. The van der Waals surface area contributed by atoms with Crippen LogP contribution in [0.1, 0.15) is 32.3 Å². The molecule has 1 aliphatic rings. The first-order valence-electron chi connectivity index (χ1n) is 6.25. The minimum absolute atomic E-state index is 0.809. The highest BCUT2D eigenvalue weighted by atomic mass is 14.5. The van der Waals surface area contributed by atoms with Crippen LogP contribution in [0.15, 0.2) is 54.1 Å². The summed E-state index contributed by atoms with van der Waals surface area (Å²) in [6.45, 7) is 4.00. The Morgan fingerprint density at radius 1 is 1.00 bits per heavy atom. The van der Waals surface area contributed by atoms with E-state index in [1.54, 1.807) is 0 Å². The van der Waals surface area contributed by atoms with Gasteiger partial charge in [-0.1, -0.05) is 56.4 Å². The van der Waals surface area contributed by atoms with Gasteiger partial charge in [-0.25, -0.2) is 0 Å². The van der Waals surface area contributed by atoms with E-state index in [-0.39, 0.29) is 0 Å². The summed E-state index contributed by atoms with van der Waals surface area (Å²) in [4.78, 5) is 0. The Kier molecular flexibility index (Phi) is 5.87. The van der Waals surface area contributed by atoms with Gasteiger partial charge in [0, 0.05) is 5.69 Å². The van der Waals surface area contributed by atoms with Crippen LogP contribution in [-0.2, 0) is 0 Å². The molecule has 0 amide bonds. The number of hydrogen-bond donors (Lipinski definition) is 1. The number of rotatable bonds is 2. The third kappa shape index (κ3) is 4.73. The van der Waals surface area contributed by atoms with E-state index in [1.807, 2.05) is 38.1 Å². The van der Waals surface area contributed by atoms with E-state index in [4.69, 9.17) is 5.73 Å². The highest BCUT2D eigenvalue weighted by Gasteiger charge is 1.92. The van der Waals surface area contributed by atoms with Gasteiger partial charge in [0.2, 0.25) is 0 Å². The highest BCUT2D eigenvalue weighted by Crippen LogP contribution is 2.13. The summed E-state index contributed by atoms with van der Waals surface area (Å²) < 4.78 is 0. The molecule has 17 heavy (non-hydrogen) atoms. The summed E-state index contributed by atoms with van der Waals surface area (Å²) in [6.07, 6.45) is 13.2. The third-order valence-electron chi connectivity index (χ3n) is 2.43. The molecule has 0 unspecified atom stereocenters. The van der Waals surface area contributed by atoms with Gasteiger partial charge in [-0.3, -0.25) is 0 Å². The van der Waals surface area contributed by atoms with Crippen molar-refractivity contribution in [2.75, 3.05) is 5.73 Å². The fourth-order valence-corrected chi connectivity index (χ4v) is 1.56. The molecule has 2 rings (SSSR count). The van der Waals surface area contributed by atoms with Crippen LogP contribution in [0.4, 0.5) is 5.69 Å². The number of nitrogens with two attached hydrogens (primary N) is 1. The lowest BCUT2D eigenvalue weighted by Crippen LogP contribution is -1.83. The maximum atomic E-state index is 5.62. The van der Waals surface area contributed by atoms with Gasteiger partial charge in [0.15, 0.2) is 0 Å². The van der Waals surface area contributed by atoms with Gasteiger partial charge in [-0.15, -0.1) is 0 Å². The van der Waals surface area contributed by atoms with Crippen molar-refractivity contribution in [2.24, 2.45) is 0 Å². The molecule has 1 nitrogen and oxygen atoms in total. The second-order valence-electron chi connectivity index (χ2n) is 3.68. The molecular formula is C16H21N. The maximum absolute atomic E-state index is 5.62. The van der Waals surface area contributed by atoms with Crippen LogP contribution < -0.4 is 5.73 Å². The Balaban J connectivity index is 0.000000686. The molecule has 0 saturated carbocycles. The lowest BCUT2D eigenvalue weighted by atomic mass is 10.1. The quantitative estimate of drug-likeness (QED) is 0.735. The van der Waals surface area contributed by atoms with Crippen molar-refractivity contribution in [2.45, 2.75) is 26.7 Å². The van der Waals surface area contributed by atoms with E-state index in [9.17, 15) is 0 Å². The molecule has 0 radical (unpaired) electrons. The molecular weight excluding hydrogens is 206 g/mol. The van der Waals surface area contributed by atoms with Crippen molar-refractivity contribution in [3.8, 4) is 0 Å². The average molecular weight is 227 g/mol. The van der Waals surface area contributed by atoms with Crippen LogP contribution in [0.3, 0.4) is 0 Å². The Morgan fingerprint density at radius 3 is 2.29 bits per heavy atom. The lowest BCUT2D eigenvalue weighted by molar-refractivity contribution is 1.03. The minimum atomic E-state index is 0.809. The van der Waals surface area contributed by atoms with Crippen molar-refractivity contribution in [1.82, 2.24) is 0 Å². The Morgan fingerprint density at radius 2 is 1.71 bits per heavy atom. The summed E-state index contributed by atoms with van der Waals surface area (Å²) >= 11 is 0. The molecule has 0 heterocycles. The summed E-state index contributed by atoms with van der Waals surface area (Å²) in [7, 11) is 0. The Hall–Kier alpha value is -1.76. The normalized spacial score (nSPS) is 14.1. The van der Waals surface area contributed by atoms with E-state index in [0.717, 1.165) is 12.1 Å². The maximum Gasteiger partial charge on any atom is 0.0314 e. The molecule has 90 valence electrons. The number of hydrogen-bond acceptors (Lipinski definition) is 1. The number of nitrogen functional groups attached to an aromatic ring is 1. The molecule has 0 fully saturated rings. The van der Waals surface area contributed by atoms with Crippen molar-refractivity contribution < 1.29 is 0 Å². The third-order valence-corrected chi connectivity index (χ3v) is 2.43. The highest BCUT2D eigenvalue weighted by molar-refractivity contribution is 5.57. The largest absolute Gasteiger partial charge is 0.399 e. The van der Waals surface area contributed by atoms with E-state index < -0.39 is 0 Å². The first kappa shape index (κ1) is 13.3. The second-order valence-corrected chi connectivity index (χ2v) is 3.68. The first-order valence-corrected chi connectivity index (χ1v) is 6.25. The summed E-state index contributed by atoms with van der Waals surface area (Å²) in [5.74, 6) is 0. The van der Waals surface area contributed by atoms with Crippen molar-refractivity contribution in [1.29, 1.82) is 0 Å². The predicted octanol–water partition coefficient (Wildman–Crippen LogP) is 4.58. The van der Waals surface area contributed by atoms with E-state index in [1.165, 1.54) is 17.6 Å². The van der Waals surface area contributed by atoms with Gasteiger partial charge >= 0.3 is 0 Å². The average Bonchev–Trinajstić information content (AvgIpc) is 2.42. The standard InChI is InChI=1S/C14H15N.C2H6/c15-14-10-8-13(9-11-14)7-6-12-4-2-1-3-5-12;1-2/h2,4-11H,1,3,15H2;1-2H3/b7-6+;. The van der Waals surface area contributed by atoms with Crippen LogP contribution in [0, 0.1) is 0 Å². The zero-order chi connectivity index (χ0) is 12.5. The lowest BCUT2D eigenvalue weighted by Gasteiger charge is -2.01. The second kappa shape index (κ2) is 7.50. The summed E-state index contributed by atoms with van der Waals surface area (Å²) in [5, 5.41) is 0. The number of anilines is 1. The Bertz CT molecular complexity index is 408. The molecule has 0 spiro atoms.